The summed E-state index contributed by atoms with van der Waals surface area (Å²) in [6, 6.07) is 8.30. The second-order valence-electron chi connectivity index (χ2n) is 5.87. The van der Waals surface area contributed by atoms with Gasteiger partial charge in [-0.15, -0.1) is 11.3 Å². The molecule has 2 heterocycles. The molecule has 0 saturated heterocycles. The minimum atomic E-state index is -3.66. The van der Waals surface area contributed by atoms with E-state index < -0.39 is 20.0 Å². The Balaban J connectivity index is 1.95. The zero-order valence-electron chi connectivity index (χ0n) is 13.8. The van der Waals surface area contributed by atoms with Crippen molar-refractivity contribution in [3.63, 3.8) is 0 Å². The molecule has 0 radical (unpaired) electrons. The number of hydrogen-bond acceptors (Lipinski definition) is 5. The minimum absolute atomic E-state index is 0.0809. The highest BCUT2D eigenvalue weighted by atomic mass is 32.2. The summed E-state index contributed by atoms with van der Waals surface area (Å²) in [5.74, 6) is 0.0809. The molecule has 0 saturated carbocycles. The lowest BCUT2D eigenvalue weighted by Crippen LogP contribution is -2.37. The van der Waals surface area contributed by atoms with Crippen LogP contribution in [0.3, 0.4) is 0 Å². The van der Waals surface area contributed by atoms with Gasteiger partial charge in [-0.1, -0.05) is 19.1 Å². The van der Waals surface area contributed by atoms with Crippen LogP contribution in [0.25, 0.3) is 0 Å². The molecule has 0 aliphatic carbocycles. The number of aryl methyl sites for hydroxylation is 1. The predicted octanol–water partition coefficient (Wildman–Crippen LogP) is 3.04. The molecule has 0 atom stereocenters. The minimum Gasteiger partial charge on any atom is -0.279 e. The lowest BCUT2D eigenvalue weighted by molar-refractivity contribution is 0.585. The molecule has 6 nitrogen and oxygen atoms in total. The molecule has 0 spiro atoms. The molecule has 1 aliphatic rings. The van der Waals surface area contributed by atoms with Crippen molar-refractivity contribution in [2.75, 3.05) is 21.3 Å². The number of thiophene rings is 1. The van der Waals surface area contributed by atoms with E-state index in [1.54, 1.807) is 29.6 Å². The summed E-state index contributed by atoms with van der Waals surface area (Å²) < 4.78 is 54.0. The number of rotatable bonds is 6. The van der Waals surface area contributed by atoms with Gasteiger partial charge in [0.2, 0.25) is 10.0 Å². The fourth-order valence-electron chi connectivity index (χ4n) is 2.88. The van der Waals surface area contributed by atoms with Crippen LogP contribution in [0.4, 0.5) is 11.4 Å². The molecule has 25 heavy (non-hydrogen) atoms. The van der Waals surface area contributed by atoms with Gasteiger partial charge in [0, 0.05) is 6.54 Å². The first-order valence-corrected chi connectivity index (χ1v) is 12.0. The van der Waals surface area contributed by atoms with E-state index in [9.17, 15) is 16.8 Å². The molecular formula is C16H20N2O4S3. The third-order valence-electron chi connectivity index (χ3n) is 3.97. The molecular weight excluding hydrogens is 380 g/mol. The summed E-state index contributed by atoms with van der Waals surface area (Å²) >= 11 is 1.13. The van der Waals surface area contributed by atoms with E-state index in [0.29, 0.717) is 24.3 Å². The third kappa shape index (κ3) is 3.83. The van der Waals surface area contributed by atoms with Crippen molar-refractivity contribution >= 4 is 42.8 Å². The Morgan fingerprint density at radius 3 is 2.68 bits per heavy atom. The van der Waals surface area contributed by atoms with Crippen molar-refractivity contribution in [3.05, 3.63) is 41.3 Å². The SMILES string of the molecule is CCCS(=O)(=O)N1CCCc2ccc(NS(=O)(=O)c3cccs3)cc21. The number of fused-ring (bicyclic) bond motifs is 1. The molecule has 2 aromatic rings. The Morgan fingerprint density at radius 1 is 1.20 bits per heavy atom. The van der Waals surface area contributed by atoms with Crippen LogP contribution >= 0.6 is 11.3 Å². The number of sulfonamides is 2. The van der Waals surface area contributed by atoms with Crippen LogP contribution in [0.15, 0.2) is 39.9 Å². The summed E-state index contributed by atoms with van der Waals surface area (Å²) in [6.45, 7) is 2.25. The molecule has 136 valence electrons. The van der Waals surface area contributed by atoms with Gasteiger partial charge in [0.05, 0.1) is 17.1 Å². The van der Waals surface area contributed by atoms with E-state index in [0.717, 1.165) is 29.7 Å². The van der Waals surface area contributed by atoms with Crippen molar-refractivity contribution in [2.24, 2.45) is 0 Å². The Kier molecular flexibility index (Phi) is 5.08. The van der Waals surface area contributed by atoms with Gasteiger partial charge < -0.3 is 0 Å². The van der Waals surface area contributed by atoms with Gasteiger partial charge in [0.1, 0.15) is 4.21 Å². The van der Waals surface area contributed by atoms with E-state index in [2.05, 4.69) is 4.72 Å². The van der Waals surface area contributed by atoms with Crippen molar-refractivity contribution in [2.45, 2.75) is 30.4 Å². The number of anilines is 2. The number of benzene rings is 1. The van der Waals surface area contributed by atoms with Gasteiger partial charge in [0.15, 0.2) is 0 Å². The average molecular weight is 401 g/mol. The quantitative estimate of drug-likeness (QED) is 0.808. The van der Waals surface area contributed by atoms with Crippen LogP contribution in [0.2, 0.25) is 0 Å². The van der Waals surface area contributed by atoms with E-state index in [4.69, 9.17) is 0 Å². The maximum Gasteiger partial charge on any atom is 0.271 e. The van der Waals surface area contributed by atoms with Crippen LogP contribution in [0.1, 0.15) is 25.3 Å². The van der Waals surface area contributed by atoms with Crippen LogP contribution in [-0.4, -0.2) is 29.1 Å². The normalized spacial score (nSPS) is 15.0. The summed E-state index contributed by atoms with van der Waals surface area (Å²) in [6.07, 6.45) is 2.08. The molecule has 1 aromatic heterocycles. The van der Waals surface area contributed by atoms with E-state index in [1.807, 2.05) is 6.92 Å². The van der Waals surface area contributed by atoms with E-state index >= 15 is 0 Å². The lowest BCUT2D eigenvalue weighted by atomic mass is 10.0. The molecule has 0 fully saturated rings. The summed E-state index contributed by atoms with van der Waals surface area (Å²) in [4.78, 5) is 0. The van der Waals surface area contributed by atoms with Crippen molar-refractivity contribution in [1.82, 2.24) is 0 Å². The number of hydrogen-bond donors (Lipinski definition) is 1. The van der Waals surface area contributed by atoms with Crippen molar-refractivity contribution in [1.29, 1.82) is 0 Å². The molecule has 0 bridgehead atoms. The van der Waals surface area contributed by atoms with Gasteiger partial charge in [-0.2, -0.15) is 0 Å². The molecule has 1 aromatic carbocycles. The van der Waals surface area contributed by atoms with Gasteiger partial charge in [0.25, 0.3) is 10.0 Å². The summed E-state index contributed by atoms with van der Waals surface area (Å²) in [5.41, 5.74) is 1.86. The van der Waals surface area contributed by atoms with Crippen LogP contribution in [0, 0.1) is 0 Å². The Labute approximate surface area is 152 Å². The van der Waals surface area contributed by atoms with Crippen molar-refractivity contribution in [3.8, 4) is 0 Å². The Bertz CT molecular complexity index is 951. The van der Waals surface area contributed by atoms with Crippen LogP contribution in [0.5, 0.6) is 0 Å². The molecule has 1 N–H and O–H groups in total. The number of nitrogens with zero attached hydrogens (tertiary/aromatic N) is 1. The van der Waals surface area contributed by atoms with Gasteiger partial charge >= 0.3 is 0 Å². The second-order valence-corrected chi connectivity index (χ2v) is 10.7. The number of nitrogens with one attached hydrogen (secondary N) is 1. The first-order valence-electron chi connectivity index (χ1n) is 8.03. The fraction of sp³-hybridized carbons (Fsp3) is 0.375. The van der Waals surface area contributed by atoms with Crippen molar-refractivity contribution < 1.29 is 16.8 Å². The first-order chi connectivity index (χ1) is 11.8. The Morgan fingerprint density at radius 2 is 2.00 bits per heavy atom. The Hall–Kier alpha value is -1.58. The lowest BCUT2D eigenvalue weighted by Gasteiger charge is -2.31. The smallest absolute Gasteiger partial charge is 0.271 e. The zero-order valence-corrected chi connectivity index (χ0v) is 16.3. The van der Waals surface area contributed by atoms with E-state index in [1.165, 1.54) is 10.4 Å². The monoisotopic (exact) mass is 400 g/mol. The molecule has 0 unspecified atom stereocenters. The highest BCUT2D eigenvalue weighted by molar-refractivity contribution is 7.94. The predicted molar refractivity (Wildman–Crippen MR) is 101 cm³/mol. The van der Waals surface area contributed by atoms with Crippen LogP contribution < -0.4 is 9.03 Å². The fourth-order valence-corrected chi connectivity index (χ4v) is 6.54. The topological polar surface area (TPSA) is 83.6 Å². The molecule has 9 heteroatoms. The average Bonchev–Trinajstić information content (AvgIpc) is 3.09. The first kappa shape index (κ1) is 18.2. The van der Waals surface area contributed by atoms with E-state index in [-0.39, 0.29) is 9.96 Å². The molecule has 1 aliphatic heterocycles. The van der Waals surface area contributed by atoms with Gasteiger partial charge in [-0.3, -0.25) is 9.03 Å². The maximum atomic E-state index is 12.5. The molecule has 0 amide bonds. The second kappa shape index (κ2) is 6.97. The maximum absolute atomic E-state index is 12.5. The molecule has 3 rings (SSSR count). The third-order valence-corrected chi connectivity index (χ3v) is 8.73. The van der Waals surface area contributed by atoms with Gasteiger partial charge in [-0.25, -0.2) is 16.8 Å². The highest BCUT2D eigenvalue weighted by Gasteiger charge is 2.27. The van der Waals surface area contributed by atoms with Crippen LogP contribution in [-0.2, 0) is 26.5 Å². The zero-order chi connectivity index (χ0) is 18.1. The largest absolute Gasteiger partial charge is 0.279 e. The highest BCUT2D eigenvalue weighted by Crippen LogP contribution is 2.33. The summed E-state index contributed by atoms with van der Waals surface area (Å²) in [5, 5.41) is 1.69. The summed E-state index contributed by atoms with van der Waals surface area (Å²) in [7, 11) is -7.05. The van der Waals surface area contributed by atoms with Gasteiger partial charge in [-0.05, 0) is 48.4 Å². The standard InChI is InChI=1S/C16H20N2O4S3/c1-2-11-24(19,20)18-9-3-5-13-7-8-14(12-15(13)18)17-25(21,22)16-6-4-10-23-16/h4,6-8,10,12,17H,2-3,5,9,11H2,1H3.